The van der Waals surface area contributed by atoms with Crippen molar-refractivity contribution in [2.45, 2.75) is 25.0 Å². The molecule has 2 aromatic rings. The molecule has 4 heteroatoms. The number of aromatic nitrogens is 3. The van der Waals surface area contributed by atoms with Crippen molar-refractivity contribution in [1.82, 2.24) is 14.8 Å². The van der Waals surface area contributed by atoms with Crippen LogP contribution in [0.25, 0.3) is 0 Å². The van der Waals surface area contributed by atoms with Crippen LogP contribution in [-0.2, 0) is 4.74 Å². The second-order valence-corrected chi connectivity index (χ2v) is 4.29. The van der Waals surface area contributed by atoms with Gasteiger partial charge in [0.2, 0.25) is 0 Å². The molecule has 0 aliphatic carbocycles. The number of ether oxygens (including phenoxy) is 1. The first-order valence-electron chi connectivity index (χ1n) is 5.96. The van der Waals surface area contributed by atoms with Crippen LogP contribution in [0, 0.1) is 0 Å². The molecule has 0 amide bonds. The third-order valence-corrected chi connectivity index (χ3v) is 3.20. The Morgan fingerprint density at radius 1 is 1.24 bits per heavy atom. The zero-order valence-corrected chi connectivity index (χ0v) is 9.57. The summed E-state index contributed by atoms with van der Waals surface area (Å²) in [4.78, 5) is 4.02. The quantitative estimate of drug-likeness (QED) is 0.793. The van der Waals surface area contributed by atoms with E-state index in [0.717, 1.165) is 19.4 Å². The number of nitrogens with zero attached hydrogens (tertiary/aromatic N) is 3. The molecule has 2 unspecified atom stereocenters. The molecule has 3 rings (SSSR count). The largest absolute Gasteiger partial charge is 0.371 e. The first-order valence-corrected chi connectivity index (χ1v) is 5.96. The van der Waals surface area contributed by atoms with Crippen LogP contribution < -0.4 is 0 Å². The number of rotatable bonds is 2. The highest BCUT2D eigenvalue weighted by molar-refractivity contribution is 5.19. The lowest BCUT2D eigenvalue weighted by molar-refractivity contribution is -0.0265. The molecule has 1 aliphatic rings. The normalized spacial score (nSPS) is 24.7. The van der Waals surface area contributed by atoms with E-state index in [1.54, 1.807) is 12.7 Å². The monoisotopic (exact) mass is 229 g/mol. The van der Waals surface area contributed by atoms with Gasteiger partial charge in [0.1, 0.15) is 18.8 Å². The molecular formula is C13H15N3O. The van der Waals surface area contributed by atoms with Crippen molar-refractivity contribution < 1.29 is 4.74 Å². The molecule has 2 atom stereocenters. The molecule has 1 aliphatic heterocycles. The van der Waals surface area contributed by atoms with Crippen molar-refractivity contribution in [2.24, 2.45) is 0 Å². The third kappa shape index (κ3) is 2.08. The standard InChI is InChI=1S/C13H15N3O/c1-2-5-11(6-3-1)13-12(7-4-8-17-13)16-10-14-9-15-16/h1-3,5-6,9-10,12-13H,4,7-8H2. The van der Waals surface area contributed by atoms with Gasteiger partial charge in [-0.15, -0.1) is 0 Å². The summed E-state index contributed by atoms with van der Waals surface area (Å²) in [5.74, 6) is 0. The molecule has 1 aromatic heterocycles. The summed E-state index contributed by atoms with van der Waals surface area (Å²) in [7, 11) is 0. The first kappa shape index (κ1) is 10.5. The van der Waals surface area contributed by atoms with Crippen LogP contribution >= 0.6 is 0 Å². The Balaban J connectivity index is 1.91. The smallest absolute Gasteiger partial charge is 0.137 e. The van der Waals surface area contributed by atoms with E-state index in [0.29, 0.717) is 0 Å². The van der Waals surface area contributed by atoms with E-state index in [1.165, 1.54) is 5.56 Å². The fourth-order valence-corrected chi connectivity index (χ4v) is 2.39. The molecule has 0 spiro atoms. The SMILES string of the molecule is c1ccc(C2OCCCC2n2cncn2)cc1. The Morgan fingerprint density at radius 2 is 2.12 bits per heavy atom. The second kappa shape index (κ2) is 4.67. The van der Waals surface area contributed by atoms with Gasteiger partial charge in [-0.3, -0.25) is 0 Å². The molecule has 0 N–H and O–H groups in total. The van der Waals surface area contributed by atoms with E-state index >= 15 is 0 Å². The van der Waals surface area contributed by atoms with Gasteiger partial charge in [-0.2, -0.15) is 5.10 Å². The predicted octanol–water partition coefficient (Wildman–Crippen LogP) is 2.37. The first-order chi connectivity index (χ1) is 8.45. The zero-order chi connectivity index (χ0) is 11.5. The summed E-state index contributed by atoms with van der Waals surface area (Å²) >= 11 is 0. The van der Waals surface area contributed by atoms with Gasteiger partial charge in [-0.25, -0.2) is 9.67 Å². The Bertz CT molecular complexity index is 455. The summed E-state index contributed by atoms with van der Waals surface area (Å²) in [6, 6.07) is 10.6. The fourth-order valence-electron chi connectivity index (χ4n) is 2.39. The van der Waals surface area contributed by atoms with Crippen LogP contribution in [0.15, 0.2) is 43.0 Å². The van der Waals surface area contributed by atoms with Gasteiger partial charge in [0.15, 0.2) is 0 Å². The van der Waals surface area contributed by atoms with Gasteiger partial charge >= 0.3 is 0 Å². The summed E-state index contributed by atoms with van der Waals surface area (Å²) in [6.45, 7) is 0.824. The molecule has 0 radical (unpaired) electrons. The molecule has 1 saturated heterocycles. The summed E-state index contributed by atoms with van der Waals surface area (Å²) in [5, 5.41) is 4.24. The molecule has 88 valence electrons. The number of benzene rings is 1. The van der Waals surface area contributed by atoms with Gasteiger partial charge < -0.3 is 4.74 Å². The van der Waals surface area contributed by atoms with Crippen molar-refractivity contribution in [2.75, 3.05) is 6.61 Å². The van der Waals surface area contributed by atoms with Gasteiger partial charge in [0.05, 0.1) is 6.04 Å². The van der Waals surface area contributed by atoms with Crippen molar-refractivity contribution in [3.63, 3.8) is 0 Å². The highest BCUT2D eigenvalue weighted by Crippen LogP contribution is 2.36. The minimum absolute atomic E-state index is 0.0895. The van der Waals surface area contributed by atoms with E-state index < -0.39 is 0 Å². The van der Waals surface area contributed by atoms with Gasteiger partial charge in [-0.1, -0.05) is 30.3 Å². The van der Waals surface area contributed by atoms with Gasteiger partial charge in [0, 0.05) is 6.61 Å². The van der Waals surface area contributed by atoms with Crippen molar-refractivity contribution in [3.8, 4) is 0 Å². The molecule has 1 fully saturated rings. The van der Waals surface area contributed by atoms with Crippen LogP contribution in [0.3, 0.4) is 0 Å². The van der Waals surface area contributed by atoms with E-state index in [4.69, 9.17) is 4.74 Å². The lowest BCUT2D eigenvalue weighted by Crippen LogP contribution is -2.26. The van der Waals surface area contributed by atoms with Gasteiger partial charge in [-0.05, 0) is 18.4 Å². The third-order valence-electron chi connectivity index (χ3n) is 3.20. The minimum atomic E-state index is 0.0895. The average molecular weight is 229 g/mol. The summed E-state index contributed by atoms with van der Waals surface area (Å²) < 4.78 is 7.83. The molecular weight excluding hydrogens is 214 g/mol. The number of hydrogen-bond donors (Lipinski definition) is 0. The highest BCUT2D eigenvalue weighted by Gasteiger charge is 2.29. The van der Waals surface area contributed by atoms with E-state index in [-0.39, 0.29) is 12.1 Å². The van der Waals surface area contributed by atoms with Crippen molar-refractivity contribution in [3.05, 3.63) is 48.5 Å². The maximum atomic E-state index is 5.91. The average Bonchev–Trinajstić information content (AvgIpc) is 2.94. The van der Waals surface area contributed by atoms with E-state index in [2.05, 4.69) is 22.2 Å². The van der Waals surface area contributed by atoms with Crippen molar-refractivity contribution in [1.29, 1.82) is 0 Å². The second-order valence-electron chi connectivity index (χ2n) is 4.29. The van der Waals surface area contributed by atoms with Crippen LogP contribution in [0.1, 0.15) is 30.6 Å². The Kier molecular flexibility index (Phi) is 2.88. The molecule has 2 heterocycles. The molecule has 0 bridgehead atoms. The topological polar surface area (TPSA) is 39.9 Å². The maximum Gasteiger partial charge on any atom is 0.137 e. The zero-order valence-electron chi connectivity index (χ0n) is 9.57. The fraction of sp³-hybridized carbons (Fsp3) is 0.385. The van der Waals surface area contributed by atoms with Gasteiger partial charge in [0.25, 0.3) is 0 Å². The highest BCUT2D eigenvalue weighted by atomic mass is 16.5. The van der Waals surface area contributed by atoms with E-state index in [9.17, 15) is 0 Å². The molecule has 4 nitrogen and oxygen atoms in total. The number of hydrogen-bond acceptors (Lipinski definition) is 3. The van der Waals surface area contributed by atoms with Crippen LogP contribution in [0.2, 0.25) is 0 Å². The Labute approximate surface area is 100 Å². The Hall–Kier alpha value is -1.68. The van der Waals surface area contributed by atoms with Crippen LogP contribution in [-0.4, -0.2) is 21.4 Å². The lowest BCUT2D eigenvalue weighted by Gasteiger charge is -2.31. The van der Waals surface area contributed by atoms with E-state index in [1.807, 2.05) is 22.9 Å². The molecule has 17 heavy (non-hydrogen) atoms. The van der Waals surface area contributed by atoms with Crippen LogP contribution in [0.5, 0.6) is 0 Å². The van der Waals surface area contributed by atoms with Crippen LogP contribution in [0.4, 0.5) is 0 Å². The molecule has 1 aromatic carbocycles. The maximum absolute atomic E-state index is 5.91. The molecule has 0 saturated carbocycles. The minimum Gasteiger partial charge on any atom is -0.371 e. The predicted molar refractivity (Wildman–Crippen MR) is 63.4 cm³/mol. The lowest BCUT2D eigenvalue weighted by atomic mass is 9.96. The van der Waals surface area contributed by atoms with Crippen molar-refractivity contribution >= 4 is 0 Å². The summed E-state index contributed by atoms with van der Waals surface area (Å²) in [5.41, 5.74) is 1.22. The summed E-state index contributed by atoms with van der Waals surface area (Å²) in [6.07, 6.45) is 5.61. The Morgan fingerprint density at radius 3 is 2.88 bits per heavy atom.